The van der Waals surface area contributed by atoms with Crippen LogP contribution in [-0.4, -0.2) is 15.5 Å². The van der Waals surface area contributed by atoms with Crippen LogP contribution < -0.4 is 40.2 Å². The van der Waals surface area contributed by atoms with E-state index in [1.807, 2.05) is 18.2 Å². The molecule has 2 heterocycles. The van der Waals surface area contributed by atoms with Gasteiger partial charge in [-0.2, -0.15) is 5.21 Å². The fraction of sp³-hybridized carbons (Fsp3) is 0. The molecule has 0 atom stereocenters. The summed E-state index contributed by atoms with van der Waals surface area (Å²) in [6.45, 7) is 0. The normalized spacial score (nSPS) is 10.1. The molecule has 0 aliphatic rings. The molecule has 1 N–H and O–H groups in total. The molecule has 3 rings (SSSR count). The molecule has 0 saturated heterocycles. The van der Waals surface area contributed by atoms with Crippen LogP contribution >= 0.6 is 0 Å². The Bertz CT molecular complexity index is 691. The van der Waals surface area contributed by atoms with Crippen LogP contribution in [0.5, 0.6) is 0 Å². The molecule has 0 bridgehead atoms. The topological polar surface area (TPSA) is 89.8 Å². The molecule has 3 aromatic rings. The summed E-state index contributed by atoms with van der Waals surface area (Å²) in [6, 6.07) is 9.24. The third-order valence-corrected chi connectivity index (χ3v) is 2.24. The minimum Gasteiger partial charge on any atom is -0.438 e. The Kier molecular flexibility index (Phi) is 3.37. The molecular weight excluding hydrogens is 229 g/mol. The van der Waals surface area contributed by atoms with Crippen molar-refractivity contribution in [1.29, 1.82) is 5.41 Å². The van der Waals surface area contributed by atoms with Gasteiger partial charge in [0.25, 0.3) is 0 Å². The van der Waals surface area contributed by atoms with E-state index in [1.54, 1.807) is 12.1 Å². The van der Waals surface area contributed by atoms with Gasteiger partial charge < -0.3 is 9.52 Å². The first kappa shape index (κ1) is 12.0. The summed E-state index contributed by atoms with van der Waals surface area (Å²) < 4.78 is 5.35. The van der Waals surface area contributed by atoms with Crippen LogP contribution in [0.2, 0.25) is 0 Å². The molecule has 0 aliphatic heterocycles. The van der Waals surface area contributed by atoms with Crippen molar-refractivity contribution in [2.45, 2.75) is 0 Å². The Morgan fingerprint density at radius 1 is 1.24 bits per heavy atom. The zero-order chi connectivity index (χ0) is 11.0. The van der Waals surface area contributed by atoms with E-state index >= 15 is 0 Å². The maximum Gasteiger partial charge on any atom is 1.00 e. The molecule has 0 radical (unpaired) electrons. The van der Waals surface area contributed by atoms with Crippen molar-refractivity contribution in [3.05, 3.63) is 35.9 Å². The van der Waals surface area contributed by atoms with Crippen LogP contribution in [0.25, 0.3) is 22.4 Å². The van der Waals surface area contributed by atoms with Gasteiger partial charge in [0.2, 0.25) is 5.55 Å². The van der Waals surface area contributed by atoms with E-state index in [1.165, 1.54) is 0 Å². The van der Waals surface area contributed by atoms with Gasteiger partial charge in [-0.3, -0.25) is 15.7 Å². The minimum absolute atomic E-state index is 0. The summed E-state index contributed by atoms with van der Waals surface area (Å²) in [5.74, 6) is 0.305. The first-order chi connectivity index (χ1) is 7.84. The predicted octanol–water partition coefficient (Wildman–Crippen LogP) is -2.27. The second kappa shape index (κ2) is 4.79. The van der Waals surface area contributed by atoms with Crippen molar-refractivity contribution >= 4 is 11.0 Å². The van der Waals surface area contributed by atoms with Crippen LogP contribution in [0.1, 0.15) is 0 Å². The predicted molar refractivity (Wildman–Crippen MR) is 54.2 cm³/mol. The van der Waals surface area contributed by atoms with Crippen LogP contribution in [0.3, 0.4) is 0 Å². The number of nitrogens with one attached hydrogen (secondary N) is 1. The number of hydrogen-bond donors (Lipinski definition) is 1. The summed E-state index contributed by atoms with van der Waals surface area (Å²) in [5.41, 5.74) is 1.15. The monoisotopic (exact) mass is 235 g/mol. The van der Waals surface area contributed by atoms with Crippen LogP contribution in [0.4, 0.5) is 0 Å². The number of rotatable bonds is 1. The zero-order valence-corrected chi connectivity index (χ0v) is 11.1. The third-order valence-electron chi connectivity index (χ3n) is 2.24. The van der Waals surface area contributed by atoms with Crippen LogP contribution in [0, 0.1) is 5.41 Å². The minimum atomic E-state index is 0. The van der Waals surface area contributed by atoms with Gasteiger partial charge in [-0.15, -0.1) is 0 Å². The van der Waals surface area contributed by atoms with E-state index in [2.05, 4.69) is 20.6 Å². The Hall–Kier alpha value is -1.50. The van der Waals surface area contributed by atoms with E-state index < -0.39 is 0 Å². The number of tetrazole rings is 1. The molecule has 0 aliphatic carbocycles. The van der Waals surface area contributed by atoms with Gasteiger partial charge in [0.05, 0.1) is 5.56 Å². The Morgan fingerprint density at radius 2 is 2.06 bits per heavy atom. The third kappa shape index (κ3) is 2.14. The fourth-order valence-electron chi connectivity index (χ4n) is 1.50. The number of para-hydroxylation sites is 1. The first-order valence-corrected chi connectivity index (χ1v) is 4.61. The van der Waals surface area contributed by atoms with Crippen molar-refractivity contribution in [2.75, 3.05) is 0 Å². The standard InChI is InChI=1S/C10H6N5O.Na/c11-9-7(10-12-14-15-13-10)5-6-3-1-2-4-8(6)16-9;/h1-5,11H;/q-1;+1. The SMILES string of the molecule is N=c1oc2ccccc2cc1-c1nnn[n-]1.[Na+]. The second-order valence-electron chi connectivity index (χ2n) is 3.23. The number of nitrogens with zero attached hydrogens (tertiary/aromatic N) is 4. The molecule has 0 amide bonds. The number of aromatic nitrogens is 4. The average Bonchev–Trinajstić information content (AvgIpc) is 2.81. The van der Waals surface area contributed by atoms with Gasteiger partial charge >= 0.3 is 29.6 Å². The Balaban J connectivity index is 0.00000108. The van der Waals surface area contributed by atoms with Crippen molar-refractivity contribution < 1.29 is 34.0 Å². The zero-order valence-electron chi connectivity index (χ0n) is 9.08. The summed E-state index contributed by atoms with van der Waals surface area (Å²) in [6.07, 6.45) is 0. The summed E-state index contributed by atoms with van der Waals surface area (Å²) in [5, 5.41) is 22.8. The molecule has 7 heteroatoms. The fourth-order valence-corrected chi connectivity index (χ4v) is 1.50. The molecule has 17 heavy (non-hydrogen) atoms. The summed E-state index contributed by atoms with van der Waals surface area (Å²) in [7, 11) is 0. The largest absolute Gasteiger partial charge is 1.00 e. The number of hydrogen-bond acceptors (Lipinski definition) is 5. The molecular formula is C10H6N5NaO. The van der Waals surface area contributed by atoms with Gasteiger partial charge in [0.1, 0.15) is 5.58 Å². The van der Waals surface area contributed by atoms with Crippen molar-refractivity contribution in [3.63, 3.8) is 0 Å². The van der Waals surface area contributed by atoms with E-state index in [9.17, 15) is 0 Å². The first-order valence-electron chi connectivity index (χ1n) is 4.61. The molecule has 0 saturated carbocycles. The van der Waals surface area contributed by atoms with Crippen LogP contribution in [0.15, 0.2) is 34.7 Å². The molecule has 0 spiro atoms. The maximum absolute atomic E-state index is 7.73. The van der Waals surface area contributed by atoms with Gasteiger partial charge in [-0.1, -0.05) is 18.2 Å². The Labute approximate surface area is 118 Å². The van der Waals surface area contributed by atoms with Crippen molar-refractivity contribution in [1.82, 2.24) is 20.6 Å². The van der Waals surface area contributed by atoms with Crippen molar-refractivity contribution in [3.8, 4) is 11.4 Å². The van der Waals surface area contributed by atoms with E-state index in [-0.39, 0.29) is 35.1 Å². The number of fused-ring (bicyclic) bond motifs is 1. The molecule has 78 valence electrons. The average molecular weight is 235 g/mol. The van der Waals surface area contributed by atoms with Gasteiger partial charge in [0.15, 0.2) is 0 Å². The van der Waals surface area contributed by atoms with Crippen molar-refractivity contribution in [2.24, 2.45) is 0 Å². The van der Waals surface area contributed by atoms with E-state index in [0.29, 0.717) is 17.0 Å². The molecule has 1 aromatic carbocycles. The molecule has 0 unspecified atom stereocenters. The summed E-state index contributed by atoms with van der Waals surface area (Å²) >= 11 is 0. The number of benzene rings is 1. The van der Waals surface area contributed by atoms with Gasteiger partial charge in [0, 0.05) is 11.2 Å². The molecule has 6 nitrogen and oxygen atoms in total. The van der Waals surface area contributed by atoms with Crippen LogP contribution in [-0.2, 0) is 0 Å². The molecule has 0 fully saturated rings. The smallest absolute Gasteiger partial charge is 0.438 e. The second-order valence-corrected chi connectivity index (χ2v) is 3.23. The summed E-state index contributed by atoms with van der Waals surface area (Å²) in [4.78, 5) is 0. The van der Waals surface area contributed by atoms with Gasteiger partial charge in [-0.25, -0.2) is 0 Å². The van der Waals surface area contributed by atoms with E-state index in [0.717, 1.165) is 5.39 Å². The van der Waals surface area contributed by atoms with E-state index in [4.69, 9.17) is 9.83 Å². The molecule has 2 aromatic heterocycles. The maximum atomic E-state index is 7.73. The quantitative estimate of drug-likeness (QED) is 0.480. The van der Waals surface area contributed by atoms with Gasteiger partial charge in [-0.05, 0) is 12.1 Å². The Morgan fingerprint density at radius 3 is 2.82 bits per heavy atom.